The molecule has 1 saturated heterocycles. The number of ether oxygens (including phenoxy) is 1. The van der Waals surface area contributed by atoms with Gasteiger partial charge in [0, 0.05) is 25.2 Å². The molecular weight excluding hydrogens is 364 g/mol. The number of hydrogen-bond donors (Lipinski definition) is 0. The molecule has 0 spiro atoms. The highest BCUT2D eigenvalue weighted by atomic mass is 16.5. The van der Waals surface area contributed by atoms with Crippen LogP contribution in [-0.4, -0.2) is 45.1 Å². The second kappa shape index (κ2) is 7.54. The van der Waals surface area contributed by atoms with E-state index < -0.39 is 0 Å². The lowest BCUT2D eigenvalue weighted by atomic mass is 9.97. The van der Waals surface area contributed by atoms with Gasteiger partial charge in [0.1, 0.15) is 11.6 Å². The van der Waals surface area contributed by atoms with E-state index in [1.165, 1.54) is 0 Å². The lowest BCUT2D eigenvalue weighted by Crippen LogP contribution is -2.42. The predicted octanol–water partition coefficient (Wildman–Crippen LogP) is 3.67. The van der Waals surface area contributed by atoms with Gasteiger partial charge in [0.2, 0.25) is 0 Å². The summed E-state index contributed by atoms with van der Waals surface area (Å²) < 4.78 is 7.82. The zero-order valence-electron chi connectivity index (χ0n) is 16.1. The van der Waals surface area contributed by atoms with Gasteiger partial charge < -0.3 is 9.64 Å². The summed E-state index contributed by atoms with van der Waals surface area (Å²) in [6.07, 6.45) is 3.94. The highest BCUT2D eigenvalue weighted by Gasteiger charge is 2.28. The summed E-state index contributed by atoms with van der Waals surface area (Å²) in [6, 6.07) is 19.9. The third-order valence-corrected chi connectivity index (χ3v) is 5.56. The maximum Gasteiger partial charge on any atom is 0.260 e. The number of carbonyl (C=O) groups excluding carboxylic acids is 1. The van der Waals surface area contributed by atoms with Crippen molar-refractivity contribution < 1.29 is 9.53 Å². The minimum Gasteiger partial charge on any atom is -0.484 e. The third kappa shape index (κ3) is 3.53. The topological polar surface area (TPSA) is 59.7 Å². The molecule has 0 bridgehead atoms. The fourth-order valence-electron chi connectivity index (χ4n) is 4.05. The molecule has 29 heavy (non-hydrogen) atoms. The number of piperidine rings is 1. The average Bonchev–Trinajstić information content (AvgIpc) is 3.21. The standard InChI is InChI=1S/C23H22N4O2/c28-22(16-29-20-11-10-17-6-1-2-7-18(17)14-20)26-12-5-8-19(15-26)23-25-24-21-9-3-4-13-27(21)23/h1-4,6-7,9-11,13-14,19H,5,8,12,15-16H2/t19-/m0/s1. The van der Waals surface area contributed by atoms with Crippen molar-refractivity contribution in [3.05, 3.63) is 72.7 Å². The van der Waals surface area contributed by atoms with E-state index in [9.17, 15) is 4.79 Å². The summed E-state index contributed by atoms with van der Waals surface area (Å²) in [5.74, 6) is 1.84. The van der Waals surface area contributed by atoms with Gasteiger partial charge in [-0.3, -0.25) is 9.20 Å². The molecule has 6 heteroatoms. The molecule has 0 saturated carbocycles. The SMILES string of the molecule is O=C(COc1ccc2ccccc2c1)N1CCC[C@H](c2nnc3ccccn23)C1. The molecule has 3 heterocycles. The van der Waals surface area contributed by atoms with Gasteiger partial charge in [-0.05, 0) is 47.9 Å². The monoisotopic (exact) mass is 386 g/mol. The molecule has 2 aromatic carbocycles. The van der Waals surface area contributed by atoms with Crippen LogP contribution >= 0.6 is 0 Å². The predicted molar refractivity (Wildman–Crippen MR) is 111 cm³/mol. The van der Waals surface area contributed by atoms with Crippen molar-refractivity contribution in [1.29, 1.82) is 0 Å². The third-order valence-electron chi connectivity index (χ3n) is 5.56. The van der Waals surface area contributed by atoms with Crippen LogP contribution in [0.1, 0.15) is 24.6 Å². The molecule has 1 aliphatic rings. The molecule has 0 radical (unpaired) electrons. The molecule has 1 amide bonds. The van der Waals surface area contributed by atoms with Gasteiger partial charge in [0.15, 0.2) is 12.3 Å². The average molecular weight is 386 g/mol. The number of pyridine rings is 1. The molecule has 4 aromatic rings. The van der Waals surface area contributed by atoms with Crippen molar-refractivity contribution in [1.82, 2.24) is 19.5 Å². The van der Waals surface area contributed by atoms with Gasteiger partial charge in [-0.1, -0.05) is 36.4 Å². The largest absolute Gasteiger partial charge is 0.484 e. The minimum atomic E-state index is 0.0108. The van der Waals surface area contributed by atoms with Gasteiger partial charge in [0.25, 0.3) is 5.91 Å². The van der Waals surface area contributed by atoms with E-state index in [2.05, 4.69) is 16.3 Å². The number of carbonyl (C=O) groups is 1. The number of benzene rings is 2. The Balaban J connectivity index is 1.26. The lowest BCUT2D eigenvalue weighted by Gasteiger charge is -2.31. The van der Waals surface area contributed by atoms with Crippen molar-refractivity contribution >= 4 is 22.3 Å². The van der Waals surface area contributed by atoms with E-state index in [0.29, 0.717) is 12.3 Å². The minimum absolute atomic E-state index is 0.0108. The fraction of sp³-hybridized carbons (Fsp3) is 0.261. The molecule has 0 aliphatic carbocycles. The Labute approximate surface area is 168 Å². The zero-order chi connectivity index (χ0) is 19.6. The first-order valence-corrected chi connectivity index (χ1v) is 9.97. The maximum atomic E-state index is 12.8. The first-order valence-electron chi connectivity index (χ1n) is 9.97. The van der Waals surface area contributed by atoms with Crippen LogP contribution in [0.2, 0.25) is 0 Å². The van der Waals surface area contributed by atoms with E-state index in [0.717, 1.165) is 41.6 Å². The van der Waals surface area contributed by atoms with Crippen LogP contribution in [0, 0.1) is 0 Å². The second-order valence-corrected chi connectivity index (χ2v) is 7.46. The molecular formula is C23H22N4O2. The summed E-state index contributed by atoms with van der Waals surface area (Å²) in [5, 5.41) is 10.9. The quantitative estimate of drug-likeness (QED) is 0.537. The number of likely N-dealkylation sites (tertiary alicyclic amines) is 1. The van der Waals surface area contributed by atoms with Gasteiger partial charge in [-0.25, -0.2) is 0 Å². The highest BCUT2D eigenvalue weighted by Crippen LogP contribution is 2.26. The fourth-order valence-corrected chi connectivity index (χ4v) is 4.05. The zero-order valence-corrected chi connectivity index (χ0v) is 16.1. The molecule has 146 valence electrons. The van der Waals surface area contributed by atoms with Crippen LogP contribution in [0.3, 0.4) is 0 Å². The number of rotatable bonds is 4. The van der Waals surface area contributed by atoms with E-state index in [1.54, 1.807) is 0 Å². The summed E-state index contributed by atoms with van der Waals surface area (Å²) in [5.41, 5.74) is 0.839. The van der Waals surface area contributed by atoms with Crippen molar-refractivity contribution in [2.45, 2.75) is 18.8 Å². The summed E-state index contributed by atoms with van der Waals surface area (Å²) in [7, 11) is 0. The first-order chi connectivity index (χ1) is 14.3. The molecule has 1 aliphatic heterocycles. The van der Waals surface area contributed by atoms with E-state index in [1.807, 2.05) is 70.1 Å². The van der Waals surface area contributed by atoms with E-state index >= 15 is 0 Å². The number of amides is 1. The summed E-state index contributed by atoms with van der Waals surface area (Å²) in [4.78, 5) is 14.7. The van der Waals surface area contributed by atoms with Crippen LogP contribution in [-0.2, 0) is 4.79 Å². The Morgan fingerprint density at radius 1 is 1.03 bits per heavy atom. The molecule has 6 nitrogen and oxygen atoms in total. The van der Waals surface area contributed by atoms with Crippen LogP contribution in [0.5, 0.6) is 5.75 Å². The smallest absolute Gasteiger partial charge is 0.260 e. The molecule has 0 N–H and O–H groups in total. The number of hydrogen-bond acceptors (Lipinski definition) is 4. The normalized spacial score (nSPS) is 17.0. The Kier molecular flexibility index (Phi) is 4.60. The Morgan fingerprint density at radius 2 is 1.90 bits per heavy atom. The molecule has 2 aromatic heterocycles. The van der Waals surface area contributed by atoms with Crippen LogP contribution in [0.15, 0.2) is 66.9 Å². The molecule has 1 atom stereocenters. The van der Waals surface area contributed by atoms with Crippen molar-refractivity contribution in [3.63, 3.8) is 0 Å². The van der Waals surface area contributed by atoms with E-state index in [4.69, 9.17) is 4.74 Å². The van der Waals surface area contributed by atoms with Gasteiger partial charge >= 0.3 is 0 Å². The molecule has 1 fully saturated rings. The van der Waals surface area contributed by atoms with Gasteiger partial charge in [-0.15, -0.1) is 10.2 Å². The van der Waals surface area contributed by atoms with Crippen molar-refractivity contribution in [2.24, 2.45) is 0 Å². The number of nitrogens with zero attached hydrogens (tertiary/aromatic N) is 4. The maximum absolute atomic E-state index is 12.8. The Morgan fingerprint density at radius 3 is 2.83 bits per heavy atom. The highest BCUT2D eigenvalue weighted by molar-refractivity contribution is 5.84. The van der Waals surface area contributed by atoms with Gasteiger partial charge in [0.05, 0.1) is 0 Å². The second-order valence-electron chi connectivity index (χ2n) is 7.46. The lowest BCUT2D eigenvalue weighted by molar-refractivity contribution is -0.134. The van der Waals surface area contributed by atoms with Crippen molar-refractivity contribution in [3.8, 4) is 5.75 Å². The molecule has 0 unspecified atom stereocenters. The Bertz CT molecular complexity index is 1170. The summed E-state index contributed by atoms with van der Waals surface area (Å²) in [6.45, 7) is 1.45. The van der Waals surface area contributed by atoms with Crippen molar-refractivity contribution in [2.75, 3.05) is 19.7 Å². The number of aromatic nitrogens is 3. The van der Waals surface area contributed by atoms with Gasteiger partial charge in [-0.2, -0.15) is 0 Å². The van der Waals surface area contributed by atoms with Crippen LogP contribution < -0.4 is 4.74 Å². The Hall–Kier alpha value is -3.41. The van der Waals surface area contributed by atoms with Crippen LogP contribution in [0.25, 0.3) is 16.4 Å². The number of fused-ring (bicyclic) bond motifs is 2. The first kappa shape index (κ1) is 17.7. The summed E-state index contributed by atoms with van der Waals surface area (Å²) >= 11 is 0. The van der Waals surface area contributed by atoms with E-state index in [-0.39, 0.29) is 18.4 Å². The van der Waals surface area contributed by atoms with Crippen LogP contribution in [0.4, 0.5) is 0 Å². The molecule has 5 rings (SSSR count).